The van der Waals surface area contributed by atoms with Crippen LogP contribution in [0.1, 0.15) is 50.8 Å². The molecule has 0 saturated carbocycles. The van der Waals surface area contributed by atoms with Gasteiger partial charge in [0, 0.05) is 18.7 Å². The Hall–Kier alpha value is -2.74. The van der Waals surface area contributed by atoms with Crippen molar-refractivity contribution in [3.63, 3.8) is 0 Å². The minimum Gasteiger partial charge on any atom is -0.407 e. The first-order chi connectivity index (χ1) is 12.6. The number of benzene rings is 1. The molecule has 0 unspecified atom stereocenters. The number of ether oxygens (including phenoxy) is 1. The Morgan fingerprint density at radius 2 is 1.67 bits per heavy atom. The highest BCUT2D eigenvalue weighted by atomic mass is 16.5. The molecule has 2 aromatic rings. The molecule has 27 heavy (non-hydrogen) atoms. The van der Waals surface area contributed by atoms with Crippen molar-refractivity contribution in [2.24, 2.45) is 5.41 Å². The largest absolute Gasteiger partial charge is 0.407 e. The first-order valence-corrected chi connectivity index (χ1v) is 9.25. The third-order valence-corrected chi connectivity index (χ3v) is 4.78. The van der Waals surface area contributed by atoms with Crippen LogP contribution in [0.15, 0.2) is 16.9 Å². The van der Waals surface area contributed by atoms with Crippen LogP contribution in [0, 0.1) is 31.1 Å². The van der Waals surface area contributed by atoms with Gasteiger partial charge in [-0.3, -0.25) is 14.3 Å². The van der Waals surface area contributed by atoms with Crippen molar-refractivity contribution in [3.05, 3.63) is 39.2 Å². The third-order valence-electron chi connectivity index (χ3n) is 4.78. The monoisotopic (exact) mass is 366 g/mol. The quantitative estimate of drug-likeness (QED) is 0.602. The number of aromatic nitrogens is 2. The van der Waals surface area contributed by atoms with E-state index < -0.39 is 5.41 Å². The molecule has 2 heterocycles. The van der Waals surface area contributed by atoms with E-state index in [0.717, 1.165) is 28.7 Å². The van der Waals surface area contributed by atoms with Crippen molar-refractivity contribution >= 4 is 5.97 Å². The Balaban J connectivity index is 2.24. The van der Waals surface area contributed by atoms with Crippen molar-refractivity contribution in [1.82, 2.24) is 9.36 Å². The van der Waals surface area contributed by atoms with Crippen LogP contribution < -0.4 is 10.3 Å². The molecule has 1 aromatic carbocycles. The highest BCUT2D eigenvalue weighted by Crippen LogP contribution is 2.36. The number of carbonyl (C=O) groups excluding carboxylic acids is 1. The zero-order valence-electron chi connectivity index (χ0n) is 16.9. The molecule has 0 N–H and O–H groups in total. The smallest absolute Gasteiger partial charge is 0.317 e. The highest BCUT2D eigenvalue weighted by molar-refractivity contribution is 5.82. The number of carbonyl (C=O) groups is 1. The Labute approximate surface area is 159 Å². The van der Waals surface area contributed by atoms with Crippen molar-refractivity contribution < 1.29 is 9.53 Å². The van der Waals surface area contributed by atoms with Crippen LogP contribution in [0.2, 0.25) is 0 Å². The Morgan fingerprint density at radius 3 is 2.22 bits per heavy atom. The fourth-order valence-corrected chi connectivity index (χ4v) is 3.52. The van der Waals surface area contributed by atoms with Gasteiger partial charge >= 0.3 is 5.97 Å². The van der Waals surface area contributed by atoms with E-state index in [0.29, 0.717) is 24.5 Å². The molecule has 0 atom stereocenters. The summed E-state index contributed by atoms with van der Waals surface area (Å²) in [6.07, 6.45) is 0.860. The van der Waals surface area contributed by atoms with E-state index in [4.69, 9.17) is 4.74 Å². The summed E-state index contributed by atoms with van der Waals surface area (Å²) in [6, 6.07) is 3.95. The first kappa shape index (κ1) is 19.0. The SMILES string of the molecule is CC#Cc1cc(C)c(-c2c(OC(=O)C(C)(C)C)n3n(c2=O)CCC3)c(C)c1. The fourth-order valence-electron chi connectivity index (χ4n) is 3.52. The standard InChI is InChI=1S/C22H26N2O3/c1-7-9-16-12-14(2)17(15(3)13-16)18-19(25)23-10-8-11-24(23)20(18)27-21(26)22(4,5)6/h12-13H,8,10-11H2,1-6H3. The summed E-state index contributed by atoms with van der Waals surface area (Å²) in [5.74, 6) is 5.98. The number of rotatable bonds is 2. The number of fused-ring (bicyclic) bond motifs is 1. The molecule has 0 aliphatic carbocycles. The van der Waals surface area contributed by atoms with Crippen molar-refractivity contribution in [2.75, 3.05) is 0 Å². The van der Waals surface area contributed by atoms with E-state index in [9.17, 15) is 9.59 Å². The lowest BCUT2D eigenvalue weighted by atomic mass is 9.94. The van der Waals surface area contributed by atoms with Gasteiger partial charge in [0.05, 0.1) is 5.41 Å². The van der Waals surface area contributed by atoms with Gasteiger partial charge < -0.3 is 4.74 Å². The van der Waals surface area contributed by atoms with Crippen LogP contribution in [0.25, 0.3) is 11.1 Å². The lowest BCUT2D eigenvalue weighted by Gasteiger charge is -2.18. The van der Waals surface area contributed by atoms with Crippen LogP contribution in [-0.2, 0) is 17.9 Å². The van der Waals surface area contributed by atoms with E-state index in [2.05, 4.69) is 11.8 Å². The van der Waals surface area contributed by atoms with Gasteiger partial charge in [0.2, 0.25) is 5.88 Å². The lowest BCUT2D eigenvalue weighted by Crippen LogP contribution is -2.27. The predicted octanol–water partition coefficient (Wildman–Crippen LogP) is 3.66. The topological polar surface area (TPSA) is 53.2 Å². The zero-order chi connectivity index (χ0) is 19.9. The van der Waals surface area contributed by atoms with E-state index >= 15 is 0 Å². The van der Waals surface area contributed by atoms with Crippen LogP contribution in [-0.4, -0.2) is 15.3 Å². The average Bonchev–Trinajstić information content (AvgIpc) is 3.12. The zero-order valence-corrected chi connectivity index (χ0v) is 16.9. The lowest BCUT2D eigenvalue weighted by molar-refractivity contribution is -0.143. The van der Waals surface area contributed by atoms with Gasteiger partial charge in [0.1, 0.15) is 5.56 Å². The van der Waals surface area contributed by atoms with Crippen LogP contribution in [0.5, 0.6) is 5.88 Å². The Bertz CT molecular complexity index is 1010. The molecule has 1 aliphatic heterocycles. The molecule has 5 nitrogen and oxygen atoms in total. The second kappa shape index (κ2) is 6.77. The van der Waals surface area contributed by atoms with Crippen LogP contribution in [0.3, 0.4) is 0 Å². The molecule has 0 spiro atoms. The highest BCUT2D eigenvalue weighted by Gasteiger charge is 2.32. The summed E-state index contributed by atoms with van der Waals surface area (Å²) in [4.78, 5) is 25.7. The summed E-state index contributed by atoms with van der Waals surface area (Å²) in [6.45, 7) is 12.5. The first-order valence-electron chi connectivity index (χ1n) is 9.25. The maximum Gasteiger partial charge on any atom is 0.317 e. The molecule has 0 radical (unpaired) electrons. The third kappa shape index (κ3) is 3.32. The van der Waals surface area contributed by atoms with E-state index in [1.54, 1.807) is 16.3 Å². The van der Waals surface area contributed by atoms with E-state index in [1.165, 1.54) is 0 Å². The molecule has 1 aliphatic rings. The second-order valence-electron chi connectivity index (χ2n) is 8.08. The summed E-state index contributed by atoms with van der Waals surface area (Å²) in [5, 5.41) is 0. The minimum atomic E-state index is -0.654. The van der Waals surface area contributed by atoms with Crippen LogP contribution in [0.4, 0.5) is 0 Å². The maximum absolute atomic E-state index is 13.2. The molecule has 0 bridgehead atoms. The van der Waals surface area contributed by atoms with Crippen molar-refractivity contribution in [3.8, 4) is 28.8 Å². The Kier molecular flexibility index (Phi) is 4.77. The molecule has 142 valence electrons. The number of esters is 1. The van der Waals surface area contributed by atoms with E-state index in [-0.39, 0.29) is 11.5 Å². The molecular formula is C22H26N2O3. The summed E-state index contributed by atoms with van der Waals surface area (Å²) < 4.78 is 9.28. The van der Waals surface area contributed by atoms with Gasteiger partial charge in [-0.1, -0.05) is 5.92 Å². The van der Waals surface area contributed by atoms with Gasteiger partial charge in [0.25, 0.3) is 5.56 Å². The molecule has 3 rings (SSSR count). The predicted molar refractivity (Wildman–Crippen MR) is 106 cm³/mol. The summed E-state index contributed by atoms with van der Waals surface area (Å²) in [7, 11) is 0. The number of nitrogens with zero attached hydrogens (tertiary/aromatic N) is 2. The molecule has 0 amide bonds. The maximum atomic E-state index is 13.2. The molecule has 0 fully saturated rings. The number of hydrogen-bond acceptors (Lipinski definition) is 3. The van der Waals surface area contributed by atoms with Gasteiger partial charge in [0.15, 0.2) is 0 Å². The summed E-state index contributed by atoms with van der Waals surface area (Å²) in [5.41, 5.74) is 3.34. The van der Waals surface area contributed by atoms with Gasteiger partial charge in [-0.25, -0.2) is 4.68 Å². The van der Waals surface area contributed by atoms with Crippen LogP contribution >= 0.6 is 0 Å². The summed E-state index contributed by atoms with van der Waals surface area (Å²) >= 11 is 0. The average molecular weight is 366 g/mol. The molecule has 5 heteroatoms. The normalized spacial score (nSPS) is 13.1. The van der Waals surface area contributed by atoms with Crippen molar-refractivity contribution in [2.45, 2.75) is 61.1 Å². The van der Waals surface area contributed by atoms with E-state index in [1.807, 2.05) is 46.8 Å². The second-order valence-corrected chi connectivity index (χ2v) is 8.08. The van der Waals surface area contributed by atoms with Crippen molar-refractivity contribution in [1.29, 1.82) is 0 Å². The molecule has 1 aromatic heterocycles. The number of aryl methyl sites for hydroxylation is 2. The Morgan fingerprint density at radius 1 is 1.07 bits per heavy atom. The van der Waals surface area contributed by atoms with Gasteiger partial charge in [-0.15, -0.1) is 5.92 Å². The molecule has 0 saturated heterocycles. The van der Waals surface area contributed by atoms with Gasteiger partial charge in [-0.2, -0.15) is 0 Å². The molecular weight excluding hydrogens is 340 g/mol. The fraction of sp³-hybridized carbons (Fsp3) is 0.455. The van der Waals surface area contributed by atoms with Gasteiger partial charge in [-0.05, 0) is 76.8 Å². The minimum absolute atomic E-state index is 0.107. The number of hydrogen-bond donors (Lipinski definition) is 0.